The Labute approximate surface area is 199 Å². The molecule has 4 aromatic rings. The second-order valence-electron chi connectivity index (χ2n) is 8.26. The van der Waals surface area contributed by atoms with Crippen LogP contribution >= 0.6 is 0 Å². The van der Waals surface area contributed by atoms with Crippen LogP contribution in [0.5, 0.6) is 0 Å². The lowest BCUT2D eigenvalue weighted by molar-refractivity contribution is 0.0946. The Morgan fingerprint density at radius 1 is 1.00 bits per heavy atom. The average Bonchev–Trinajstić information content (AvgIpc) is 3.31. The molecule has 1 amide bonds. The standard InChI is InChI=1S/C26H29N7O/c1-19(20-10-6-4-7-11-20)29-26-28-15-14-23(31-26)33-18-22(25(34)27-16-17-32(2)3)30-24(33)21-12-8-5-9-13-21/h4-15,18-19H,16-17H2,1-3H3,(H,27,34)(H,28,29,31). The number of nitrogens with zero attached hydrogens (tertiary/aromatic N) is 5. The molecule has 174 valence electrons. The summed E-state index contributed by atoms with van der Waals surface area (Å²) in [5.74, 6) is 1.54. The van der Waals surface area contributed by atoms with Gasteiger partial charge in [0.15, 0.2) is 0 Å². The van der Waals surface area contributed by atoms with E-state index in [0.717, 1.165) is 17.7 Å². The lowest BCUT2D eigenvalue weighted by atomic mass is 10.1. The van der Waals surface area contributed by atoms with Gasteiger partial charge in [-0.2, -0.15) is 4.98 Å². The van der Waals surface area contributed by atoms with Crippen molar-refractivity contribution in [3.63, 3.8) is 0 Å². The van der Waals surface area contributed by atoms with E-state index in [1.54, 1.807) is 18.5 Å². The van der Waals surface area contributed by atoms with E-state index in [1.165, 1.54) is 0 Å². The Bertz CT molecular complexity index is 1220. The molecule has 0 spiro atoms. The van der Waals surface area contributed by atoms with E-state index >= 15 is 0 Å². The highest BCUT2D eigenvalue weighted by molar-refractivity contribution is 5.93. The van der Waals surface area contributed by atoms with Crippen molar-refractivity contribution in [2.75, 3.05) is 32.5 Å². The first-order valence-electron chi connectivity index (χ1n) is 11.2. The average molecular weight is 456 g/mol. The van der Waals surface area contributed by atoms with Crippen LogP contribution in [0.25, 0.3) is 17.2 Å². The topological polar surface area (TPSA) is 88.0 Å². The Kier molecular flexibility index (Phi) is 7.29. The number of carbonyl (C=O) groups is 1. The molecule has 8 nitrogen and oxygen atoms in total. The second kappa shape index (κ2) is 10.7. The molecule has 2 aromatic heterocycles. The summed E-state index contributed by atoms with van der Waals surface area (Å²) < 4.78 is 1.83. The van der Waals surface area contributed by atoms with Crippen molar-refractivity contribution in [1.82, 2.24) is 29.7 Å². The summed E-state index contributed by atoms with van der Waals surface area (Å²) in [6, 6.07) is 21.7. The van der Waals surface area contributed by atoms with Gasteiger partial charge in [-0.15, -0.1) is 0 Å². The maximum absolute atomic E-state index is 12.8. The number of nitrogens with one attached hydrogen (secondary N) is 2. The molecule has 34 heavy (non-hydrogen) atoms. The van der Waals surface area contributed by atoms with E-state index in [-0.39, 0.29) is 11.9 Å². The van der Waals surface area contributed by atoms with Crippen LogP contribution in [0.3, 0.4) is 0 Å². The molecule has 0 fully saturated rings. The fourth-order valence-corrected chi connectivity index (χ4v) is 3.51. The molecule has 1 atom stereocenters. The van der Waals surface area contributed by atoms with E-state index in [1.807, 2.05) is 72.1 Å². The molecule has 0 bridgehead atoms. The van der Waals surface area contributed by atoms with Crippen LogP contribution in [-0.4, -0.2) is 57.5 Å². The highest BCUT2D eigenvalue weighted by atomic mass is 16.1. The number of anilines is 1. The Hall–Kier alpha value is -4.04. The van der Waals surface area contributed by atoms with Gasteiger partial charge < -0.3 is 15.5 Å². The molecule has 0 aliphatic rings. The third-order valence-corrected chi connectivity index (χ3v) is 5.35. The van der Waals surface area contributed by atoms with Crippen molar-refractivity contribution in [3.05, 3.63) is 90.4 Å². The predicted octanol–water partition coefficient (Wildman–Crippen LogP) is 3.79. The van der Waals surface area contributed by atoms with Gasteiger partial charge in [-0.1, -0.05) is 60.7 Å². The first kappa shape index (κ1) is 23.1. The molecule has 0 saturated heterocycles. The summed E-state index contributed by atoms with van der Waals surface area (Å²) in [5.41, 5.74) is 2.37. The zero-order chi connectivity index (χ0) is 23.9. The van der Waals surface area contributed by atoms with Crippen LogP contribution in [0.4, 0.5) is 5.95 Å². The van der Waals surface area contributed by atoms with Crippen LogP contribution in [-0.2, 0) is 0 Å². The van der Waals surface area contributed by atoms with Gasteiger partial charge in [0.1, 0.15) is 17.3 Å². The largest absolute Gasteiger partial charge is 0.349 e. The molecule has 2 heterocycles. The van der Waals surface area contributed by atoms with Crippen molar-refractivity contribution in [3.8, 4) is 17.2 Å². The number of hydrogen-bond donors (Lipinski definition) is 2. The SMILES string of the molecule is CC(Nc1nccc(-n2cc(C(=O)NCCN(C)C)nc2-c2ccccc2)n1)c1ccccc1. The van der Waals surface area contributed by atoms with Gasteiger partial charge in [-0.25, -0.2) is 9.97 Å². The van der Waals surface area contributed by atoms with E-state index in [4.69, 9.17) is 4.98 Å². The minimum atomic E-state index is -0.220. The summed E-state index contributed by atoms with van der Waals surface area (Å²) in [6.07, 6.45) is 3.42. The quantitative estimate of drug-likeness (QED) is 0.399. The fourth-order valence-electron chi connectivity index (χ4n) is 3.51. The molecule has 2 N–H and O–H groups in total. The van der Waals surface area contributed by atoms with Gasteiger partial charge in [-0.3, -0.25) is 9.36 Å². The maximum Gasteiger partial charge on any atom is 0.271 e. The number of benzene rings is 2. The molecule has 0 radical (unpaired) electrons. The van der Waals surface area contributed by atoms with Gasteiger partial charge in [-0.05, 0) is 32.6 Å². The summed E-state index contributed by atoms with van der Waals surface area (Å²) in [4.78, 5) is 28.5. The predicted molar refractivity (Wildman–Crippen MR) is 134 cm³/mol. The second-order valence-corrected chi connectivity index (χ2v) is 8.26. The normalized spacial score (nSPS) is 11.9. The van der Waals surface area contributed by atoms with E-state index in [2.05, 4.69) is 39.7 Å². The van der Waals surface area contributed by atoms with Crippen LogP contribution in [0, 0.1) is 0 Å². The van der Waals surface area contributed by atoms with Gasteiger partial charge >= 0.3 is 0 Å². The zero-order valence-corrected chi connectivity index (χ0v) is 19.6. The molecule has 0 aliphatic heterocycles. The van der Waals surface area contributed by atoms with Crippen molar-refractivity contribution in [2.24, 2.45) is 0 Å². The number of amides is 1. The lowest BCUT2D eigenvalue weighted by Crippen LogP contribution is -2.31. The van der Waals surface area contributed by atoms with Crippen LogP contribution in [0.2, 0.25) is 0 Å². The fraction of sp³-hybridized carbons (Fsp3) is 0.231. The van der Waals surface area contributed by atoms with E-state index < -0.39 is 0 Å². The smallest absolute Gasteiger partial charge is 0.271 e. The molecular weight excluding hydrogens is 426 g/mol. The number of rotatable bonds is 9. The van der Waals surface area contributed by atoms with Crippen LogP contribution in [0.15, 0.2) is 79.1 Å². The van der Waals surface area contributed by atoms with Gasteiger partial charge in [0.25, 0.3) is 5.91 Å². The van der Waals surface area contributed by atoms with Crippen molar-refractivity contribution >= 4 is 11.9 Å². The highest BCUT2D eigenvalue weighted by Gasteiger charge is 2.18. The summed E-state index contributed by atoms with van der Waals surface area (Å²) in [5, 5.41) is 6.28. The van der Waals surface area contributed by atoms with Gasteiger partial charge in [0, 0.05) is 31.0 Å². The molecular formula is C26H29N7O. The first-order chi connectivity index (χ1) is 16.5. The van der Waals surface area contributed by atoms with E-state index in [0.29, 0.717) is 29.8 Å². The minimum Gasteiger partial charge on any atom is -0.349 e. The lowest BCUT2D eigenvalue weighted by Gasteiger charge is -2.15. The van der Waals surface area contributed by atoms with Crippen molar-refractivity contribution in [1.29, 1.82) is 0 Å². The minimum absolute atomic E-state index is 0.0332. The Balaban J connectivity index is 1.64. The summed E-state index contributed by atoms with van der Waals surface area (Å²) in [6.45, 7) is 3.35. The van der Waals surface area contributed by atoms with Crippen molar-refractivity contribution in [2.45, 2.75) is 13.0 Å². The molecule has 0 saturated carbocycles. The number of likely N-dealkylation sites (N-methyl/N-ethyl adjacent to an activating group) is 1. The Morgan fingerprint density at radius 3 is 2.41 bits per heavy atom. The molecule has 8 heteroatoms. The monoisotopic (exact) mass is 455 g/mol. The molecule has 4 rings (SSSR count). The van der Waals surface area contributed by atoms with Crippen LogP contribution < -0.4 is 10.6 Å². The number of hydrogen-bond acceptors (Lipinski definition) is 6. The third-order valence-electron chi connectivity index (χ3n) is 5.35. The molecule has 1 unspecified atom stereocenters. The maximum atomic E-state index is 12.8. The van der Waals surface area contributed by atoms with Gasteiger partial charge in [0.05, 0.1) is 6.04 Å². The van der Waals surface area contributed by atoms with Crippen LogP contribution in [0.1, 0.15) is 29.0 Å². The van der Waals surface area contributed by atoms with E-state index in [9.17, 15) is 4.79 Å². The zero-order valence-electron chi connectivity index (χ0n) is 19.6. The number of aromatic nitrogens is 4. The third kappa shape index (κ3) is 5.65. The molecule has 0 aliphatic carbocycles. The highest BCUT2D eigenvalue weighted by Crippen LogP contribution is 2.23. The Morgan fingerprint density at radius 2 is 1.71 bits per heavy atom. The summed E-state index contributed by atoms with van der Waals surface area (Å²) in [7, 11) is 3.93. The summed E-state index contributed by atoms with van der Waals surface area (Å²) >= 11 is 0. The number of carbonyl (C=O) groups excluding carboxylic acids is 1. The van der Waals surface area contributed by atoms with Gasteiger partial charge in [0.2, 0.25) is 5.95 Å². The first-order valence-corrected chi connectivity index (χ1v) is 11.2. The number of imidazole rings is 1. The molecule has 2 aromatic carbocycles. The van der Waals surface area contributed by atoms with Crippen molar-refractivity contribution < 1.29 is 4.79 Å².